The molecule has 0 bridgehead atoms. The highest BCUT2D eigenvalue weighted by molar-refractivity contribution is 5.96. The van der Waals surface area contributed by atoms with Gasteiger partial charge in [0.05, 0.1) is 11.6 Å². The predicted molar refractivity (Wildman–Crippen MR) is 91.8 cm³/mol. The molecule has 1 heterocycles. The van der Waals surface area contributed by atoms with E-state index in [9.17, 15) is 9.59 Å². The first-order chi connectivity index (χ1) is 12.0. The quantitative estimate of drug-likeness (QED) is 0.786. The summed E-state index contributed by atoms with van der Waals surface area (Å²) in [5.41, 5.74) is 1.01. The largest absolute Gasteiger partial charge is 0.360 e. The number of carbonyl (C=O) groups is 2. The molecule has 128 valence electrons. The van der Waals surface area contributed by atoms with Crippen molar-refractivity contribution in [1.82, 2.24) is 10.1 Å². The van der Waals surface area contributed by atoms with Crippen LogP contribution >= 0.6 is 0 Å². The number of amides is 3. The lowest BCUT2D eigenvalue weighted by molar-refractivity contribution is -0.116. The number of aromatic nitrogens is 1. The van der Waals surface area contributed by atoms with Gasteiger partial charge in [-0.05, 0) is 31.2 Å². The SMILES string of the molecule is C=CCN(CC(=O)Nc1cc(C)on1)C(=O)Nc1ccc(C#N)cc1. The molecule has 0 fully saturated rings. The first-order valence-corrected chi connectivity index (χ1v) is 7.42. The number of nitrogens with zero attached hydrogens (tertiary/aromatic N) is 3. The van der Waals surface area contributed by atoms with Crippen LogP contribution in [0.15, 0.2) is 47.5 Å². The lowest BCUT2D eigenvalue weighted by Crippen LogP contribution is -2.40. The van der Waals surface area contributed by atoms with Gasteiger partial charge in [0.2, 0.25) is 5.91 Å². The minimum atomic E-state index is -0.462. The molecule has 1 aromatic carbocycles. The number of urea groups is 1. The second kappa shape index (κ2) is 8.31. The zero-order chi connectivity index (χ0) is 18.2. The monoisotopic (exact) mass is 339 g/mol. The van der Waals surface area contributed by atoms with Crippen LogP contribution in [0.25, 0.3) is 0 Å². The first kappa shape index (κ1) is 17.7. The molecule has 0 atom stereocenters. The summed E-state index contributed by atoms with van der Waals surface area (Å²) < 4.78 is 4.87. The van der Waals surface area contributed by atoms with Crippen molar-refractivity contribution in [2.24, 2.45) is 0 Å². The highest BCUT2D eigenvalue weighted by Gasteiger charge is 2.17. The highest BCUT2D eigenvalue weighted by Crippen LogP contribution is 2.10. The molecule has 0 aliphatic rings. The van der Waals surface area contributed by atoms with Gasteiger partial charge in [-0.2, -0.15) is 5.26 Å². The molecule has 2 aromatic rings. The number of nitrogens with one attached hydrogen (secondary N) is 2. The Kier molecular flexibility index (Phi) is 5.90. The maximum absolute atomic E-state index is 12.3. The van der Waals surface area contributed by atoms with Crippen LogP contribution in [0.3, 0.4) is 0 Å². The zero-order valence-corrected chi connectivity index (χ0v) is 13.7. The van der Waals surface area contributed by atoms with Crippen molar-refractivity contribution in [2.75, 3.05) is 23.7 Å². The number of hydrogen-bond acceptors (Lipinski definition) is 5. The molecule has 0 spiro atoms. The smallest absolute Gasteiger partial charge is 0.322 e. The van der Waals surface area contributed by atoms with E-state index in [1.165, 1.54) is 11.0 Å². The molecule has 0 aliphatic heterocycles. The standard InChI is InChI=1S/C17H17N5O3/c1-3-8-22(11-16(23)20-15-9-12(2)25-21-15)17(24)19-14-6-4-13(10-18)5-7-14/h3-7,9H,1,8,11H2,2H3,(H,19,24)(H,20,21,23). The molecule has 25 heavy (non-hydrogen) atoms. The summed E-state index contributed by atoms with van der Waals surface area (Å²) in [5, 5.41) is 17.7. The van der Waals surface area contributed by atoms with Gasteiger partial charge in [0.15, 0.2) is 5.82 Å². The third-order valence-electron chi connectivity index (χ3n) is 3.13. The molecule has 1 aromatic heterocycles. The van der Waals surface area contributed by atoms with Gasteiger partial charge in [0.1, 0.15) is 12.3 Å². The van der Waals surface area contributed by atoms with Crippen LogP contribution in [-0.4, -0.2) is 35.1 Å². The Balaban J connectivity index is 1.97. The van der Waals surface area contributed by atoms with Gasteiger partial charge in [-0.3, -0.25) is 4.79 Å². The van der Waals surface area contributed by atoms with Crippen LogP contribution in [0.4, 0.5) is 16.3 Å². The summed E-state index contributed by atoms with van der Waals surface area (Å²) in [6.07, 6.45) is 1.52. The number of anilines is 2. The van der Waals surface area contributed by atoms with E-state index in [0.717, 1.165) is 0 Å². The summed E-state index contributed by atoms with van der Waals surface area (Å²) >= 11 is 0. The number of benzene rings is 1. The summed E-state index contributed by atoms with van der Waals surface area (Å²) in [6, 6.07) is 9.52. The third-order valence-corrected chi connectivity index (χ3v) is 3.13. The van der Waals surface area contributed by atoms with Crippen molar-refractivity contribution in [1.29, 1.82) is 5.26 Å². The van der Waals surface area contributed by atoms with Crippen molar-refractivity contribution < 1.29 is 14.1 Å². The zero-order valence-electron chi connectivity index (χ0n) is 13.7. The van der Waals surface area contributed by atoms with Crippen LogP contribution in [0.5, 0.6) is 0 Å². The van der Waals surface area contributed by atoms with E-state index in [1.807, 2.05) is 6.07 Å². The lowest BCUT2D eigenvalue weighted by atomic mass is 10.2. The van der Waals surface area contributed by atoms with Gasteiger partial charge in [0, 0.05) is 18.3 Å². The molecule has 0 saturated carbocycles. The van der Waals surface area contributed by atoms with E-state index in [2.05, 4.69) is 22.4 Å². The lowest BCUT2D eigenvalue weighted by Gasteiger charge is -2.20. The topological polar surface area (TPSA) is 111 Å². The maximum Gasteiger partial charge on any atom is 0.322 e. The minimum absolute atomic E-state index is 0.181. The Hall–Kier alpha value is -3.60. The van der Waals surface area contributed by atoms with E-state index in [0.29, 0.717) is 17.0 Å². The average molecular weight is 339 g/mol. The summed E-state index contributed by atoms with van der Waals surface area (Å²) in [6.45, 7) is 5.30. The summed E-state index contributed by atoms with van der Waals surface area (Å²) in [4.78, 5) is 25.7. The van der Waals surface area contributed by atoms with Crippen LogP contribution in [0.1, 0.15) is 11.3 Å². The number of aryl methyl sites for hydroxylation is 1. The van der Waals surface area contributed by atoms with Gasteiger partial charge in [0.25, 0.3) is 0 Å². The number of rotatable bonds is 6. The normalized spacial score (nSPS) is 9.76. The van der Waals surface area contributed by atoms with E-state index >= 15 is 0 Å². The van der Waals surface area contributed by atoms with Crippen LogP contribution in [-0.2, 0) is 4.79 Å². The Labute approximate surface area is 144 Å². The Morgan fingerprint density at radius 1 is 1.36 bits per heavy atom. The van der Waals surface area contributed by atoms with Gasteiger partial charge in [-0.15, -0.1) is 6.58 Å². The maximum atomic E-state index is 12.3. The average Bonchev–Trinajstić information content (AvgIpc) is 2.99. The fraction of sp³-hybridized carbons (Fsp3) is 0.176. The molecule has 0 unspecified atom stereocenters. The fourth-order valence-electron chi connectivity index (χ4n) is 1.99. The van der Waals surface area contributed by atoms with E-state index in [1.54, 1.807) is 37.3 Å². The number of nitriles is 1. The summed E-state index contributed by atoms with van der Waals surface area (Å²) in [5.74, 6) is 0.440. The second-order valence-electron chi connectivity index (χ2n) is 5.16. The molecule has 2 rings (SSSR count). The summed E-state index contributed by atoms with van der Waals surface area (Å²) in [7, 11) is 0. The third kappa shape index (κ3) is 5.21. The minimum Gasteiger partial charge on any atom is -0.360 e. The Morgan fingerprint density at radius 3 is 2.64 bits per heavy atom. The molecule has 2 N–H and O–H groups in total. The molecular formula is C17H17N5O3. The van der Waals surface area contributed by atoms with E-state index in [-0.39, 0.29) is 18.9 Å². The van der Waals surface area contributed by atoms with E-state index in [4.69, 9.17) is 9.78 Å². The van der Waals surface area contributed by atoms with Gasteiger partial charge < -0.3 is 20.1 Å². The number of hydrogen-bond donors (Lipinski definition) is 2. The van der Waals surface area contributed by atoms with Crippen molar-refractivity contribution in [2.45, 2.75) is 6.92 Å². The molecule has 0 aliphatic carbocycles. The van der Waals surface area contributed by atoms with Gasteiger partial charge in [-0.1, -0.05) is 11.2 Å². The Morgan fingerprint density at radius 2 is 2.08 bits per heavy atom. The number of carbonyl (C=O) groups excluding carboxylic acids is 2. The van der Waals surface area contributed by atoms with Crippen molar-refractivity contribution >= 4 is 23.4 Å². The van der Waals surface area contributed by atoms with Crippen molar-refractivity contribution in [3.05, 3.63) is 54.3 Å². The van der Waals surface area contributed by atoms with Crippen LogP contribution in [0, 0.1) is 18.3 Å². The molecule has 8 nitrogen and oxygen atoms in total. The van der Waals surface area contributed by atoms with Gasteiger partial charge in [-0.25, -0.2) is 4.79 Å². The molecule has 3 amide bonds. The van der Waals surface area contributed by atoms with Crippen LogP contribution < -0.4 is 10.6 Å². The molecular weight excluding hydrogens is 322 g/mol. The molecule has 8 heteroatoms. The predicted octanol–water partition coefficient (Wildman–Crippen LogP) is 2.51. The fourth-order valence-corrected chi connectivity index (χ4v) is 1.99. The van der Waals surface area contributed by atoms with Gasteiger partial charge >= 0.3 is 6.03 Å². The highest BCUT2D eigenvalue weighted by atomic mass is 16.5. The molecule has 0 saturated heterocycles. The van der Waals surface area contributed by atoms with Crippen LogP contribution in [0.2, 0.25) is 0 Å². The Bertz CT molecular complexity index is 804. The van der Waals surface area contributed by atoms with Crippen molar-refractivity contribution in [3.8, 4) is 6.07 Å². The second-order valence-corrected chi connectivity index (χ2v) is 5.16. The first-order valence-electron chi connectivity index (χ1n) is 7.42. The molecule has 0 radical (unpaired) electrons. The van der Waals surface area contributed by atoms with Crippen molar-refractivity contribution in [3.63, 3.8) is 0 Å². The van der Waals surface area contributed by atoms with E-state index < -0.39 is 11.9 Å².